The molecular weight excluding hydrogens is 321 g/mol. The van der Waals surface area contributed by atoms with Gasteiger partial charge in [0.2, 0.25) is 0 Å². The third-order valence-electron chi connectivity index (χ3n) is 3.86. The Bertz CT molecular complexity index is 745. The first-order chi connectivity index (χ1) is 11.3. The highest BCUT2D eigenvalue weighted by atomic mass is 19.4. The van der Waals surface area contributed by atoms with Crippen molar-refractivity contribution in [2.24, 2.45) is 5.10 Å². The third kappa shape index (κ3) is 2.71. The van der Waals surface area contributed by atoms with Crippen LogP contribution in [0.3, 0.4) is 0 Å². The largest absolute Gasteiger partial charge is 0.497 e. The minimum Gasteiger partial charge on any atom is -0.497 e. The molecule has 0 fully saturated rings. The Balaban J connectivity index is 2.03. The van der Waals surface area contributed by atoms with Gasteiger partial charge < -0.3 is 9.84 Å². The van der Waals surface area contributed by atoms with Crippen LogP contribution in [0.15, 0.2) is 59.7 Å². The molecule has 4 nitrogen and oxygen atoms in total. The maximum Gasteiger partial charge on any atom is 0.438 e. The van der Waals surface area contributed by atoms with Crippen LogP contribution in [-0.4, -0.2) is 29.8 Å². The van der Waals surface area contributed by atoms with Crippen LogP contribution in [0.2, 0.25) is 0 Å². The number of para-hydroxylation sites is 1. The van der Waals surface area contributed by atoms with E-state index in [-0.39, 0.29) is 11.4 Å². The molecule has 0 amide bonds. The van der Waals surface area contributed by atoms with Gasteiger partial charge in [0.25, 0.3) is 5.72 Å². The summed E-state index contributed by atoms with van der Waals surface area (Å²) in [5.74, 6) is 0.586. The molecule has 1 N–H and O–H groups in total. The van der Waals surface area contributed by atoms with Crippen LogP contribution in [0.5, 0.6) is 5.75 Å². The Kier molecular flexibility index (Phi) is 3.96. The Hall–Kier alpha value is -2.54. The van der Waals surface area contributed by atoms with Gasteiger partial charge in [0.1, 0.15) is 5.75 Å². The van der Waals surface area contributed by atoms with E-state index in [0.717, 1.165) is 0 Å². The highest BCUT2D eigenvalue weighted by Crippen LogP contribution is 2.43. The lowest BCUT2D eigenvalue weighted by molar-refractivity contribution is -0.254. The number of methoxy groups -OCH3 is 1. The number of anilines is 1. The van der Waals surface area contributed by atoms with Crippen molar-refractivity contribution in [1.29, 1.82) is 0 Å². The molecule has 0 spiro atoms. The van der Waals surface area contributed by atoms with E-state index in [4.69, 9.17) is 4.74 Å². The molecule has 0 saturated heterocycles. The zero-order valence-electron chi connectivity index (χ0n) is 12.8. The molecule has 0 aromatic heterocycles. The van der Waals surface area contributed by atoms with Gasteiger partial charge in [-0.15, -0.1) is 0 Å². The van der Waals surface area contributed by atoms with Crippen molar-refractivity contribution in [3.8, 4) is 5.75 Å². The predicted octanol–water partition coefficient (Wildman–Crippen LogP) is 3.56. The standard InChI is InChI=1S/C17H15F3N2O2/c1-24-14-9-7-12(8-10-14)15-11-16(23,17(18,19)20)22(21-15)13-5-3-2-4-6-13/h2-10,23H,11H2,1H3. The van der Waals surface area contributed by atoms with E-state index < -0.39 is 18.3 Å². The second kappa shape index (κ2) is 5.83. The first kappa shape index (κ1) is 16.3. The van der Waals surface area contributed by atoms with Gasteiger partial charge in [-0.1, -0.05) is 18.2 Å². The molecule has 2 aromatic carbocycles. The lowest BCUT2D eigenvalue weighted by Crippen LogP contribution is -2.55. The minimum atomic E-state index is -4.86. The van der Waals surface area contributed by atoms with Gasteiger partial charge in [-0.3, -0.25) is 0 Å². The maximum atomic E-state index is 13.5. The molecule has 3 rings (SSSR count). The number of hydrogen-bond acceptors (Lipinski definition) is 4. The van der Waals surface area contributed by atoms with Crippen LogP contribution in [-0.2, 0) is 0 Å². The molecule has 1 heterocycles. The third-order valence-corrected chi connectivity index (χ3v) is 3.86. The summed E-state index contributed by atoms with van der Waals surface area (Å²) in [6.07, 6.45) is -5.52. The number of halogens is 3. The zero-order valence-corrected chi connectivity index (χ0v) is 12.8. The number of alkyl halides is 3. The maximum absolute atomic E-state index is 13.5. The molecule has 1 atom stereocenters. The number of nitrogens with zero attached hydrogens (tertiary/aromatic N) is 2. The van der Waals surface area contributed by atoms with Crippen molar-refractivity contribution < 1.29 is 23.0 Å². The second-order valence-electron chi connectivity index (χ2n) is 5.41. The highest BCUT2D eigenvalue weighted by Gasteiger charge is 2.61. The molecule has 2 aromatic rings. The molecule has 1 unspecified atom stereocenters. The Morgan fingerprint density at radius 1 is 1.08 bits per heavy atom. The Labute approximate surface area is 136 Å². The van der Waals surface area contributed by atoms with Crippen molar-refractivity contribution >= 4 is 11.4 Å². The Morgan fingerprint density at radius 3 is 2.25 bits per heavy atom. The van der Waals surface area contributed by atoms with E-state index >= 15 is 0 Å². The smallest absolute Gasteiger partial charge is 0.438 e. The summed E-state index contributed by atoms with van der Waals surface area (Å²) in [5, 5.41) is 15.0. The fourth-order valence-electron chi connectivity index (χ4n) is 2.55. The van der Waals surface area contributed by atoms with Gasteiger partial charge in [-0.05, 0) is 42.0 Å². The van der Waals surface area contributed by atoms with E-state index in [2.05, 4.69) is 5.10 Å². The second-order valence-corrected chi connectivity index (χ2v) is 5.41. The molecule has 0 saturated carbocycles. The van der Waals surface area contributed by atoms with Crippen LogP contribution in [0.4, 0.5) is 18.9 Å². The molecule has 126 valence electrons. The lowest BCUT2D eigenvalue weighted by Gasteiger charge is -2.34. The summed E-state index contributed by atoms with van der Waals surface area (Å²) in [6, 6.07) is 14.3. The predicted molar refractivity (Wildman–Crippen MR) is 84.1 cm³/mol. The van der Waals surface area contributed by atoms with Gasteiger partial charge in [0, 0.05) is 0 Å². The summed E-state index contributed by atoms with van der Waals surface area (Å²) in [5.41, 5.74) is -2.26. The van der Waals surface area contributed by atoms with Gasteiger partial charge in [0.15, 0.2) is 0 Å². The number of hydrazone groups is 1. The average Bonchev–Trinajstić information content (AvgIpc) is 2.95. The molecule has 1 aliphatic heterocycles. The molecule has 7 heteroatoms. The van der Waals surface area contributed by atoms with Gasteiger partial charge in [-0.25, -0.2) is 5.01 Å². The normalized spacial score (nSPS) is 20.9. The van der Waals surface area contributed by atoms with Crippen molar-refractivity contribution in [2.45, 2.75) is 18.3 Å². The van der Waals surface area contributed by atoms with E-state index in [1.54, 1.807) is 42.5 Å². The fraction of sp³-hybridized carbons (Fsp3) is 0.235. The van der Waals surface area contributed by atoms with Crippen molar-refractivity contribution in [2.75, 3.05) is 12.1 Å². The van der Waals surface area contributed by atoms with E-state index in [9.17, 15) is 18.3 Å². The lowest BCUT2D eigenvalue weighted by atomic mass is 10.0. The number of ether oxygens (including phenoxy) is 1. The van der Waals surface area contributed by atoms with Gasteiger partial charge in [0.05, 0.1) is 24.9 Å². The molecule has 0 bridgehead atoms. The molecule has 24 heavy (non-hydrogen) atoms. The van der Waals surface area contributed by atoms with E-state index in [1.807, 2.05) is 0 Å². The number of aliphatic hydroxyl groups is 1. The van der Waals surface area contributed by atoms with E-state index in [0.29, 0.717) is 16.3 Å². The number of benzene rings is 2. The minimum absolute atomic E-state index is 0.154. The van der Waals surface area contributed by atoms with Gasteiger partial charge in [-0.2, -0.15) is 18.3 Å². The van der Waals surface area contributed by atoms with E-state index in [1.165, 1.54) is 19.2 Å². The van der Waals surface area contributed by atoms with Crippen molar-refractivity contribution in [1.82, 2.24) is 0 Å². The SMILES string of the molecule is COc1ccc(C2=NN(c3ccccc3)C(O)(C(F)(F)F)C2)cc1. The first-order valence-corrected chi connectivity index (χ1v) is 7.21. The molecular formula is C17H15F3N2O2. The number of hydrogen-bond donors (Lipinski definition) is 1. The summed E-state index contributed by atoms with van der Waals surface area (Å²) in [7, 11) is 1.50. The first-order valence-electron chi connectivity index (χ1n) is 7.21. The van der Waals surface area contributed by atoms with Crippen LogP contribution < -0.4 is 9.75 Å². The average molecular weight is 336 g/mol. The summed E-state index contributed by atoms with van der Waals surface area (Å²) in [6.45, 7) is 0. The fourth-order valence-corrected chi connectivity index (χ4v) is 2.55. The van der Waals surface area contributed by atoms with Crippen molar-refractivity contribution in [3.05, 3.63) is 60.2 Å². The topological polar surface area (TPSA) is 45.1 Å². The quantitative estimate of drug-likeness (QED) is 0.932. The molecule has 0 radical (unpaired) electrons. The van der Waals surface area contributed by atoms with Crippen LogP contribution in [0.1, 0.15) is 12.0 Å². The monoisotopic (exact) mass is 336 g/mol. The van der Waals surface area contributed by atoms with Crippen LogP contribution >= 0.6 is 0 Å². The molecule has 0 aliphatic carbocycles. The summed E-state index contributed by atoms with van der Waals surface area (Å²) in [4.78, 5) is 0. The summed E-state index contributed by atoms with van der Waals surface area (Å²) >= 11 is 0. The van der Waals surface area contributed by atoms with Crippen LogP contribution in [0.25, 0.3) is 0 Å². The highest BCUT2D eigenvalue weighted by molar-refractivity contribution is 6.03. The van der Waals surface area contributed by atoms with Crippen LogP contribution in [0, 0.1) is 0 Å². The van der Waals surface area contributed by atoms with Gasteiger partial charge >= 0.3 is 6.18 Å². The molecule has 1 aliphatic rings. The zero-order chi connectivity index (χ0) is 17.4. The Morgan fingerprint density at radius 2 is 1.71 bits per heavy atom. The number of rotatable bonds is 3. The summed E-state index contributed by atoms with van der Waals surface area (Å²) < 4.78 is 45.5. The van der Waals surface area contributed by atoms with Crippen molar-refractivity contribution in [3.63, 3.8) is 0 Å².